The Balaban J connectivity index is 0.00000242. The Labute approximate surface area is 140 Å². The maximum atomic E-state index is 12.1. The quantitative estimate of drug-likeness (QED) is 0.831. The van der Waals surface area contributed by atoms with Gasteiger partial charge in [0.2, 0.25) is 10.0 Å². The van der Waals surface area contributed by atoms with Gasteiger partial charge in [-0.15, -0.1) is 12.4 Å². The number of rotatable bonds is 6. The SMILES string of the molecule is CC1(C)CCCNC1CNS(=O)(=O)CCc1ccccc1.Cl. The zero-order chi connectivity index (χ0) is 15.3. The van der Waals surface area contributed by atoms with Crippen LogP contribution in [-0.2, 0) is 16.4 Å². The molecule has 1 aromatic carbocycles. The average Bonchev–Trinajstić information content (AvgIpc) is 2.45. The molecule has 6 heteroatoms. The van der Waals surface area contributed by atoms with Crippen LogP contribution in [0.1, 0.15) is 32.3 Å². The Morgan fingerprint density at radius 2 is 1.95 bits per heavy atom. The second-order valence-electron chi connectivity index (χ2n) is 6.50. The second-order valence-corrected chi connectivity index (χ2v) is 8.43. The number of nitrogens with one attached hydrogen (secondary N) is 2. The molecular formula is C16H27ClN2O2S. The molecule has 0 amide bonds. The highest BCUT2D eigenvalue weighted by atomic mass is 35.5. The summed E-state index contributed by atoms with van der Waals surface area (Å²) in [5.74, 6) is 0.143. The minimum atomic E-state index is -3.22. The maximum absolute atomic E-state index is 12.1. The van der Waals surface area contributed by atoms with Gasteiger partial charge in [-0.1, -0.05) is 44.2 Å². The fourth-order valence-corrected chi connectivity index (χ4v) is 3.87. The summed E-state index contributed by atoms with van der Waals surface area (Å²) >= 11 is 0. The van der Waals surface area contributed by atoms with Crippen LogP contribution < -0.4 is 10.0 Å². The predicted octanol–water partition coefficient (Wildman–Crippen LogP) is 2.35. The van der Waals surface area contributed by atoms with Crippen molar-refractivity contribution < 1.29 is 8.42 Å². The van der Waals surface area contributed by atoms with Gasteiger partial charge in [-0.05, 0) is 36.8 Å². The zero-order valence-electron chi connectivity index (χ0n) is 13.3. The lowest BCUT2D eigenvalue weighted by atomic mass is 9.78. The van der Waals surface area contributed by atoms with Gasteiger partial charge in [0, 0.05) is 12.6 Å². The van der Waals surface area contributed by atoms with E-state index in [4.69, 9.17) is 0 Å². The van der Waals surface area contributed by atoms with Gasteiger partial charge in [0.1, 0.15) is 0 Å². The molecule has 2 rings (SSSR count). The molecular weight excluding hydrogens is 320 g/mol. The molecule has 0 bridgehead atoms. The van der Waals surface area contributed by atoms with Gasteiger partial charge in [0.05, 0.1) is 5.75 Å². The van der Waals surface area contributed by atoms with Crippen LogP contribution in [0.25, 0.3) is 0 Å². The molecule has 1 heterocycles. The Bertz CT molecular complexity index is 547. The largest absolute Gasteiger partial charge is 0.312 e. The van der Waals surface area contributed by atoms with Gasteiger partial charge in [0.15, 0.2) is 0 Å². The topological polar surface area (TPSA) is 58.2 Å². The monoisotopic (exact) mass is 346 g/mol. The van der Waals surface area contributed by atoms with Crippen molar-refractivity contribution in [3.63, 3.8) is 0 Å². The van der Waals surface area contributed by atoms with Crippen LogP contribution >= 0.6 is 12.4 Å². The Morgan fingerprint density at radius 3 is 2.59 bits per heavy atom. The number of aryl methyl sites for hydroxylation is 1. The normalized spacial score (nSPS) is 21.1. The van der Waals surface area contributed by atoms with Crippen LogP contribution in [0.2, 0.25) is 0 Å². The Hall–Kier alpha value is -0.620. The fraction of sp³-hybridized carbons (Fsp3) is 0.625. The molecule has 2 N–H and O–H groups in total. The number of hydrogen-bond donors (Lipinski definition) is 2. The minimum absolute atomic E-state index is 0. The van der Waals surface area contributed by atoms with Crippen LogP contribution in [0.15, 0.2) is 30.3 Å². The number of halogens is 1. The van der Waals surface area contributed by atoms with E-state index in [1.807, 2.05) is 30.3 Å². The molecule has 0 radical (unpaired) electrons. The summed E-state index contributed by atoms with van der Waals surface area (Å²) in [6.45, 7) is 5.84. The van der Waals surface area contributed by atoms with Crippen molar-refractivity contribution in [3.05, 3.63) is 35.9 Å². The van der Waals surface area contributed by atoms with E-state index in [0.717, 1.165) is 24.9 Å². The van der Waals surface area contributed by atoms with Crippen LogP contribution in [0.5, 0.6) is 0 Å². The lowest BCUT2D eigenvalue weighted by Gasteiger charge is -2.39. The van der Waals surface area contributed by atoms with Crippen molar-refractivity contribution >= 4 is 22.4 Å². The van der Waals surface area contributed by atoms with E-state index < -0.39 is 10.0 Å². The standard InChI is InChI=1S/C16H26N2O2S.ClH/c1-16(2)10-6-11-17-15(16)13-18-21(19,20)12-9-14-7-4-3-5-8-14;/h3-5,7-8,15,17-18H,6,9-13H2,1-2H3;1H. The van der Waals surface area contributed by atoms with Gasteiger partial charge < -0.3 is 5.32 Å². The van der Waals surface area contributed by atoms with E-state index >= 15 is 0 Å². The van der Waals surface area contributed by atoms with Crippen molar-refractivity contribution in [1.29, 1.82) is 0 Å². The van der Waals surface area contributed by atoms with Gasteiger partial charge >= 0.3 is 0 Å². The smallest absolute Gasteiger partial charge is 0.211 e. The lowest BCUT2D eigenvalue weighted by Crippen LogP contribution is -2.53. The molecule has 1 fully saturated rings. The van der Waals surface area contributed by atoms with Crippen LogP contribution in [-0.4, -0.2) is 33.3 Å². The summed E-state index contributed by atoms with van der Waals surface area (Å²) in [5, 5.41) is 3.43. The van der Waals surface area contributed by atoms with Crippen molar-refractivity contribution in [2.24, 2.45) is 5.41 Å². The average molecular weight is 347 g/mol. The Kier molecular flexibility index (Phi) is 7.32. The third-order valence-corrected chi connectivity index (χ3v) is 5.69. The van der Waals surface area contributed by atoms with Crippen LogP contribution in [0.4, 0.5) is 0 Å². The number of hydrogen-bond acceptors (Lipinski definition) is 3. The van der Waals surface area contributed by atoms with E-state index in [9.17, 15) is 8.42 Å². The lowest BCUT2D eigenvalue weighted by molar-refractivity contribution is 0.181. The predicted molar refractivity (Wildman–Crippen MR) is 94.0 cm³/mol. The molecule has 0 aromatic heterocycles. The van der Waals surface area contributed by atoms with Gasteiger partial charge in [-0.3, -0.25) is 0 Å². The highest BCUT2D eigenvalue weighted by Crippen LogP contribution is 2.29. The van der Waals surface area contributed by atoms with Gasteiger partial charge in [-0.25, -0.2) is 13.1 Å². The van der Waals surface area contributed by atoms with Gasteiger partial charge in [0.25, 0.3) is 0 Å². The number of benzene rings is 1. The fourth-order valence-electron chi connectivity index (χ4n) is 2.80. The first-order valence-corrected chi connectivity index (χ1v) is 9.29. The minimum Gasteiger partial charge on any atom is -0.312 e. The summed E-state index contributed by atoms with van der Waals surface area (Å²) in [7, 11) is -3.22. The van der Waals surface area contributed by atoms with E-state index in [-0.39, 0.29) is 29.6 Å². The third-order valence-electron chi connectivity index (χ3n) is 4.34. The molecule has 4 nitrogen and oxygen atoms in total. The van der Waals surface area contributed by atoms with E-state index in [1.54, 1.807) is 0 Å². The molecule has 0 spiro atoms. The second kappa shape index (κ2) is 8.29. The molecule has 1 saturated heterocycles. The van der Waals surface area contributed by atoms with Gasteiger partial charge in [-0.2, -0.15) is 0 Å². The van der Waals surface area contributed by atoms with Crippen molar-refractivity contribution in [3.8, 4) is 0 Å². The molecule has 1 unspecified atom stereocenters. The first kappa shape index (κ1) is 19.4. The first-order valence-electron chi connectivity index (χ1n) is 7.64. The molecule has 0 saturated carbocycles. The zero-order valence-corrected chi connectivity index (χ0v) is 15.0. The molecule has 1 aliphatic rings. The van der Waals surface area contributed by atoms with Crippen molar-refractivity contribution in [1.82, 2.24) is 10.0 Å². The van der Waals surface area contributed by atoms with E-state index in [2.05, 4.69) is 23.9 Å². The summed E-state index contributed by atoms with van der Waals surface area (Å²) in [5.41, 5.74) is 1.19. The first-order chi connectivity index (χ1) is 9.89. The van der Waals surface area contributed by atoms with Crippen LogP contribution in [0.3, 0.4) is 0 Å². The highest BCUT2D eigenvalue weighted by molar-refractivity contribution is 7.89. The molecule has 0 aliphatic carbocycles. The number of sulfonamides is 1. The maximum Gasteiger partial charge on any atom is 0.211 e. The molecule has 1 aromatic rings. The summed E-state index contributed by atoms with van der Waals surface area (Å²) in [4.78, 5) is 0. The van der Waals surface area contributed by atoms with Crippen LogP contribution in [0, 0.1) is 5.41 Å². The molecule has 1 aliphatic heterocycles. The molecule has 22 heavy (non-hydrogen) atoms. The molecule has 126 valence electrons. The third kappa shape index (κ3) is 5.88. The van der Waals surface area contributed by atoms with E-state index in [1.165, 1.54) is 0 Å². The molecule has 1 atom stereocenters. The van der Waals surface area contributed by atoms with E-state index in [0.29, 0.717) is 13.0 Å². The van der Waals surface area contributed by atoms with Crippen molar-refractivity contribution in [2.75, 3.05) is 18.8 Å². The van der Waals surface area contributed by atoms with Crippen molar-refractivity contribution in [2.45, 2.75) is 39.2 Å². The highest BCUT2D eigenvalue weighted by Gasteiger charge is 2.32. The Morgan fingerprint density at radius 1 is 1.27 bits per heavy atom. The summed E-state index contributed by atoms with van der Waals surface area (Å²) in [6.07, 6.45) is 2.85. The summed E-state index contributed by atoms with van der Waals surface area (Å²) < 4.78 is 27.0. The number of piperidine rings is 1. The summed E-state index contributed by atoms with van der Waals surface area (Å²) in [6, 6.07) is 9.93.